The summed E-state index contributed by atoms with van der Waals surface area (Å²) in [6.45, 7) is 4.37. The Balaban J connectivity index is 1.60. The Kier molecular flexibility index (Phi) is 4.08. The quantitative estimate of drug-likeness (QED) is 0.566. The van der Waals surface area contributed by atoms with E-state index >= 15 is 0 Å². The SMILES string of the molecule is CCOc1cccc2cc(C(C)NC(=O)c3n[nH]c4ccccc34)oc12. The number of rotatable bonds is 5. The third kappa shape index (κ3) is 2.79. The minimum absolute atomic E-state index is 0.250. The molecule has 0 saturated heterocycles. The van der Waals surface area contributed by atoms with Gasteiger partial charge in [-0.15, -0.1) is 0 Å². The number of aromatic amines is 1. The van der Waals surface area contributed by atoms with Gasteiger partial charge in [-0.1, -0.05) is 30.3 Å². The molecule has 0 saturated carbocycles. The second-order valence-electron chi connectivity index (χ2n) is 6.07. The summed E-state index contributed by atoms with van der Waals surface area (Å²) in [5.74, 6) is 1.12. The molecule has 0 aliphatic rings. The van der Waals surface area contributed by atoms with Gasteiger partial charge >= 0.3 is 0 Å². The number of furan rings is 1. The molecule has 26 heavy (non-hydrogen) atoms. The second kappa shape index (κ2) is 6.55. The van der Waals surface area contributed by atoms with E-state index in [1.54, 1.807) is 0 Å². The number of fused-ring (bicyclic) bond motifs is 2. The van der Waals surface area contributed by atoms with Gasteiger partial charge in [0, 0.05) is 10.8 Å². The molecule has 0 aliphatic heterocycles. The van der Waals surface area contributed by atoms with E-state index in [0.29, 0.717) is 29.4 Å². The first-order chi connectivity index (χ1) is 12.7. The fourth-order valence-corrected chi connectivity index (χ4v) is 3.01. The van der Waals surface area contributed by atoms with Gasteiger partial charge in [-0.2, -0.15) is 5.10 Å². The van der Waals surface area contributed by atoms with E-state index in [4.69, 9.17) is 9.15 Å². The van der Waals surface area contributed by atoms with Crippen LogP contribution in [0.5, 0.6) is 5.75 Å². The number of nitrogens with zero attached hydrogens (tertiary/aromatic N) is 1. The van der Waals surface area contributed by atoms with Crippen LogP contribution < -0.4 is 10.1 Å². The summed E-state index contributed by atoms with van der Waals surface area (Å²) in [7, 11) is 0. The van der Waals surface area contributed by atoms with Crippen molar-refractivity contribution < 1.29 is 13.9 Å². The molecule has 4 aromatic rings. The van der Waals surface area contributed by atoms with Crippen molar-refractivity contribution in [3.8, 4) is 5.75 Å². The predicted octanol–water partition coefficient (Wildman–Crippen LogP) is 4.20. The number of carbonyl (C=O) groups is 1. The number of ether oxygens (including phenoxy) is 1. The smallest absolute Gasteiger partial charge is 0.273 e. The Labute approximate surface area is 150 Å². The van der Waals surface area contributed by atoms with Crippen molar-refractivity contribution in [1.82, 2.24) is 15.5 Å². The summed E-state index contributed by atoms with van der Waals surface area (Å²) in [4.78, 5) is 12.6. The first-order valence-electron chi connectivity index (χ1n) is 8.56. The van der Waals surface area contributed by atoms with Gasteiger partial charge < -0.3 is 14.5 Å². The number of para-hydroxylation sites is 2. The lowest BCUT2D eigenvalue weighted by Gasteiger charge is -2.10. The van der Waals surface area contributed by atoms with E-state index in [2.05, 4.69) is 15.5 Å². The summed E-state index contributed by atoms with van der Waals surface area (Å²) >= 11 is 0. The van der Waals surface area contributed by atoms with Crippen LogP contribution in [0.2, 0.25) is 0 Å². The average Bonchev–Trinajstić information content (AvgIpc) is 3.27. The number of benzene rings is 2. The minimum Gasteiger partial charge on any atom is -0.490 e. The van der Waals surface area contributed by atoms with E-state index in [0.717, 1.165) is 16.3 Å². The molecule has 6 nitrogen and oxygen atoms in total. The van der Waals surface area contributed by atoms with Crippen LogP contribution in [0.3, 0.4) is 0 Å². The monoisotopic (exact) mass is 349 g/mol. The summed E-state index contributed by atoms with van der Waals surface area (Å²) in [5.41, 5.74) is 1.89. The van der Waals surface area contributed by atoms with Gasteiger partial charge in [-0.05, 0) is 32.0 Å². The minimum atomic E-state index is -0.306. The van der Waals surface area contributed by atoms with E-state index in [-0.39, 0.29) is 11.9 Å². The molecule has 0 spiro atoms. The van der Waals surface area contributed by atoms with Gasteiger partial charge in [0.25, 0.3) is 5.91 Å². The van der Waals surface area contributed by atoms with Crippen LogP contribution in [0.1, 0.15) is 36.1 Å². The zero-order valence-corrected chi connectivity index (χ0v) is 14.6. The summed E-state index contributed by atoms with van der Waals surface area (Å²) in [6.07, 6.45) is 0. The van der Waals surface area contributed by atoms with E-state index in [1.165, 1.54) is 0 Å². The number of amides is 1. The largest absolute Gasteiger partial charge is 0.490 e. The molecule has 2 N–H and O–H groups in total. The lowest BCUT2D eigenvalue weighted by Crippen LogP contribution is -2.26. The average molecular weight is 349 g/mol. The van der Waals surface area contributed by atoms with Crippen molar-refractivity contribution in [2.45, 2.75) is 19.9 Å². The first kappa shape index (κ1) is 16.2. The van der Waals surface area contributed by atoms with Gasteiger partial charge in [0.1, 0.15) is 5.76 Å². The number of aromatic nitrogens is 2. The Morgan fingerprint density at radius 1 is 1.27 bits per heavy atom. The third-order valence-electron chi connectivity index (χ3n) is 4.29. The van der Waals surface area contributed by atoms with Gasteiger partial charge in [-0.3, -0.25) is 9.89 Å². The van der Waals surface area contributed by atoms with Crippen molar-refractivity contribution in [2.75, 3.05) is 6.61 Å². The van der Waals surface area contributed by atoms with Crippen LogP contribution >= 0.6 is 0 Å². The predicted molar refractivity (Wildman–Crippen MR) is 99.4 cm³/mol. The van der Waals surface area contributed by atoms with Crippen molar-refractivity contribution in [3.05, 3.63) is 60.0 Å². The Morgan fingerprint density at radius 3 is 2.96 bits per heavy atom. The topological polar surface area (TPSA) is 80.1 Å². The maximum Gasteiger partial charge on any atom is 0.273 e. The fraction of sp³-hybridized carbons (Fsp3) is 0.200. The van der Waals surface area contributed by atoms with Gasteiger partial charge in [0.15, 0.2) is 17.0 Å². The molecule has 0 aliphatic carbocycles. The molecule has 1 atom stereocenters. The molecule has 1 amide bonds. The van der Waals surface area contributed by atoms with Crippen molar-refractivity contribution in [1.29, 1.82) is 0 Å². The van der Waals surface area contributed by atoms with Gasteiger partial charge in [0.05, 0.1) is 18.2 Å². The van der Waals surface area contributed by atoms with Crippen LogP contribution in [-0.4, -0.2) is 22.7 Å². The number of hydrogen-bond acceptors (Lipinski definition) is 4. The highest BCUT2D eigenvalue weighted by molar-refractivity contribution is 6.04. The number of H-pyrrole nitrogens is 1. The lowest BCUT2D eigenvalue weighted by molar-refractivity contribution is 0.0932. The van der Waals surface area contributed by atoms with Gasteiger partial charge in [0.2, 0.25) is 0 Å². The zero-order valence-electron chi connectivity index (χ0n) is 14.6. The third-order valence-corrected chi connectivity index (χ3v) is 4.29. The van der Waals surface area contributed by atoms with E-state index < -0.39 is 0 Å². The van der Waals surface area contributed by atoms with Crippen molar-refractivity contribution in [3.63, 3.8) is 0 Å². The number of nitrogens with one attached hydrogen (secondary N) is 2. The zero-order chi connectivity index (χ0) is 18.1. The second-order valence-corrected chi connectivity index (χ2v) is 6.07. The van der Waals surface area contributed by atoms with E-state index in [1.807, 2.05) is 62.4 Å². The number of hydrogen-bond donors (Lipinski definition) is 2. The highest BCUT2D eigenvalue weighted by Crippen LogP contribution is 2.31. The van der Waals surface area contributed by atoms with E-state index in [9.17, 15) is 4.79 Å². The Hall–Kier alpha value is -3.28. The molecule has 6 heteroatoms. The molecule has 0 radical (unpaired) electrons. The number of carbonyl (C=O) groups excluding carboxylic acids is 1. The molecule has 2 aromatic heterocycles. The maximum absolute atomic E-state index is 12.6. The van der Waals surface area contributed by atoms with Crippen LogP contribution in [0.25, 0.3) is 21.9 Å². The molecule has 4 rings (SSSR count). The molecule has 2 heterocycles. The first-order valence-corrected chi connectivity index (χ1v) is 8.56. The molecule has 1 unspecified atom stereocenters. The highest BCUT2D eigenvalue weighted by Gasteiger charge is 2.20. The standard InChI is InChI=1S/C20H19N3O3/c1-3-25-16-10-6-7-13-11-17(26-19(13)16)12(2)21-20(24)18-14-8-4-5-9-15(14)22-23-18/h4-12H,3H2,1-2H3,(H,21,24)(H,22,23). The Morgan fingerprint density at radius 2 is 2.12 bits per heavy atom. The molecule has 132 valence electrons. The molecular formula is C20H19N3O3. The molecule has 2 aromatic carbocycles. The van der Waals surface area contributed by atoms with Crippen LogP contribution in [0.4, 0.5) is 0 Å². The van der Waals surface area contributed by atoms with Crippen molar-refractivity contribution in [2.24, 2.45) is 0 Å². The van der Waals surface area contributed by atoms with Gasteiger partial charge in [-0.25, -0.2) is 0 Å². The lowest BCUT2D eigenvalue weighted by atomic mass is 10.2. The molecule has 0 fully saturated rings. The summed E-state index contributed by atoms with van der Waals surface area (Å²) in [6, 6.07) is 14.9. The molecule has 0 bridgehead atoms. The fourth-order valence-electron chi connectivity index (χ4n) is 3.01. The molecular weight excluding hydrogens is 330 g/mol. The van der Waals surface area contributed by atoms with Crippen molar-refractivity contribution >= 4 is 27.8 Å². The Bertz CT molecular complexity index is 1080. The van der Waals surface area contributed by atoms with Crippen LogP contribution in [0.15, 0.2) is 52.9 Å². The maximum atomic E-state index is 12.6. The van der Waals surface area contributed by atoms with Crippen LogP contribution in [0, 0.1) is 0 Å². The van der Waals surface area contributed by atoms with Crippen LogP contribution in [-0.2, 0) is 0 Å². The highest BCUT2D eigenvalue weighted by atomic mass is 16.5. The summed E-state index contributed by atoms with van der Waals surface area (Å²) < 4.78 is 11.6. The summed E-state index contributed by atoms with van der Waals surface area (Å²) in [5, 5.41) is 11.7. The normalized spacial score (nSPS) is 12.4.